The summed E-state index contributed by atoms with van der Waals surface area (Å²) in [5.74, 6) is 0.942. The van der Waals surface area contributed by atoms with Crippen molar-refractivity contribution >= 4 is 42.1 Å². The average molecular weight is 464 g/mol. The number of ether oxygens (including phenoxy) is 1. The van der Waals surface area contributed by atoms with E-state index in [-0.39, 0.29) is 30.4 Å². The molecule has 162 valence electrons. The van der Waals surface area contributed by atoms with Crippen LogP contribution in [0.3, 0.4) is 0 Å². The Bertz CT molecular complexity index is 881. The maximum atomic E-state index is 13.2. The first kappa shape index (κ1) is 25.6. The molecule has 2 aromatic rings. The molecule has 0 spiro atoms. The topological polar surface area (TPSA) is 59.4 Å². The number of nitrogens with one attached hydrogen (secondary N) is 1. The molecule has 1 aliphatic heterocycles. The lowest BCUT2D eigenvalue weighted by Gasteiger charge is -2.31. The molecule has 0 atom stereocenters. The van der Waals surface area contributed by atoms with E-state index in [9.17, 15) is 4.79 Å². The van der Waals surface area contributed by atoms with Crippen LogP contribution in [-0.4, -0.2) is 43.1 Å². The highest BCUT2D eigenvalue weighted by Gasteiger charge is 2.22. The smallest absolute Gasteiger partial charge is 0.290 e. The van der Waals surface area contributed by atoms with E-state index in [0.717, 1.165) is 48.7 Å². The van der Waals surface area contributed by atoms with E-state index in [1.807, 2.05) is 25.1 Å². The minimum atomic E-state index is -0.0218. The van der Waals surface area contributed by atoms with Crippen LogP contribution in [0.1, 0.15) is 19.4 Å². The molecule has 1 fully saturated rings. The number of piperazine rings is 1. The number of rotatable bonds is 5. The quantitative estimate of drug-likeness (QED) is 0.731. The van der Waals surface area contributed by atoms with Gasteiger partial charge in [0.15, 0.2) is 0 Å². The van der Waals surface area contributed by atoms with E-state index in [0.29, 0.717) is 23.2 Å². The fourth-order valence-electron chi connectivity index (χ4n) is 3.45. The van der Waals surface area contributed by atoms with Gasteiger partial charge < -0.3 is 15.0 Å². The third kappa shape index (κ3) is 5.57. The molecular weight excluding hydrogens is 435 g/mol. The maximum absolute atomic E-state index is 13.2. The summed E-state index contributed by atoms with van der Waals surface area (Å²) in [6.07, 6.45) is 0. The van der Waals surface area contributed by atoms with E-state index >= 15 is 0 Å². The molecule has 0 amide bonds. The molecule has 0 bridgehead atoms. The van der Waals surface area contributed by atoms with E-state index in [1.165, 1.54) is 0 Å². The molecular formula is C20H29Cl3N4O2. The molecule has 1 aromatic heterocycles. The highest BCUT2D eigenvalue weighted by atomic mass is 35.5. The van der Waals surface area contributed by atoms with Crippen molar-refractivity contribution in [2.24, 2.45) is 5.92 Å². The van der Waals surface area contributed by atoms with Crippen LogP contribution >= 0.6 is 36.4 Å². The molecule has 29 heavy (non-hydrogen) atoms. The molecule has 1 aromatic carbocycles. The van der Waals surface area contributed by atoms with Gasteiger partial charge in [-0.3, -0.25) is 4.79 Å². The van der Waals surface area contributed by atoms with Crippen molar-refractivity contribution in [3.05, 3.63) is 39.1 Å². The van der Waals surface area contributed by atoms with Gasteiger partial charge >= 0.3 is 0 Å². The minimum Gasteiger partial charge on any atom is -0.495 e. The van der Waals surface area contributed by atoms with Crippen molar-refractivity contribution in [2.45, 2.75) is 27.3 Å². The number of benzene rings is 1. The Morgan fingerprint density at radius 3 is 2.45 bits per heavy atom. The molecule has 0 unspecified atom stereocenters. The van der Waals surface area contributed by atoms with E-state index in [1.54, 1.807) is 11.8 Å². The Hall–Kier alpha value is -1.47. The zero-order chi connectivity index (χ0) is 19.6. The number of methoxy groups -OCH3 is 1. The number of hydrogen-bond acceptors (Lipinski definition) is 5. The van der Waals surface area contributed by atoms with E-state index in [2.05, 4.69) is 24.1 Å². The molecule has 3 rings (SSSR count). The van der Waals surface area contributed by atoms with Crippen molar-refractivity contribution in [3.8, 4) is 17.0 Å². The first-order valence-corrected chi connectivity index (χ1v) is 9.71. The third-order valence-corrected chi connectivity index (χ3v) is 5.06. The lowest BCUT2D eigenvalue weighted by Crippen LogP contribution is -2.47. The summed E-state index contributed by atoms with van der Waals surface area (Å²) in [5, 5.41) is 8.57. The van der Waals surface area contributed by atoms with Gasteiger partial charge in [-0.05, 0) is 31.0 Å². The van der Waals surface area contributed by atoms with Crippen molar-refractivity contribution in [3.63, 3.8) is 0 Å². The summed E-state index contributed by atoms with van der Waals surface area (Å²) in [7, 11) is 1.59. The number of nitrogens with zero attached hydrogens (tertiary/aromatic N) is 3. The minimum absolute atomic E-state index is 0. The molecule has 0 saturated carbocycles. The number of aromatic nitrogens is 2. The van der Waals surface area contributed by atoms with Crippen LogP contribution in [0, 0.1) is 12.8 Å². The lowest BCUT2D eigenvalue weighted by atomic mass is 10.0. The second-order valence-electron chi connectivity index (χ2n) is 7.29. The van der Waals surface area contributed by atoms with Crippen molar-refractivity contribution in [1.29, 1.82) is 0 Å². The zero-order valence-electron chi connectivity index (χ0n) is 17.2. The summed E-state index contributed by atoms with van der Waals surface area (Å²) in [5.41, 5.74) is 3.28. The van der Waals surface area contributed by atoms with Gasteiger partial charge in [-0.25, -0.2) is 4.68 Å². The Kier molecular flexibility index (Phi) is 9.76. The van der Waals surface area contributed by atoms with Gasteiger partial charge in [0, 0.05) is 43.9 Å². The zero-order valence-corrected chi connectivity index (χ0v) is 19.6. The van der Waals surface area contributed by atoms with Gasteiger partial charge in [0.25, 0.3) is 5.56 Å². The lowest BCUT2D eigenvalue weighted by molar-refractivity contribution is 0.415. The van der Waals surface area contributed by atoms with E-state index < -0.39 is 0 Å². The Labute approximate surface area is 189 Å². The van der Waals surface area contributed by atoms with Crippen LogP contribution in [0.4, 0.5) is 5.69 Å². The van der Waals surface area contributed by atoms with Crippen LogP contribution in [0.15, 0.2) is 23.0 Å². The van der Waals surface area contributed by atoms with Gasteiger partial charge in [0.05, 0.1) is 17.8 Å². The van der Waals surface area contributed by atoms with Crippen molar-refractivity contribution < 1.29 is 4.74 Å². The van der Waals surface area contributed by atoms with Crippen molar-refractivity contribution in [1.82, 2.24) is 15.1 Å². The molecule has 9 heteroatoms. The van der Waals surface area contributed by atoms with Crippen LogP contribution < -0.4 is 20.5 Å². The first-order chi connectivity index (χ1) is 12.9. The molecule has 6 nitrogen and oxygen atoms in total. The van der Waals surface area contributed by atoms with E-state index in [4.69, 9.17) is 21.4 Å². The normalized spacial score (nSPS) is 13.7. The Morgan fingerprint density at radius 1 is 1.24 bits per heavy atom. The van der Waals surface area contributed by atoms with Crippen LogP contribution in [0.25, 0.3) is 11.3 Å². The summed E-state index contributed by atoms with van der Waals surface area (Å²) < 4.78 is 6.86. The summed E-state index contributed by atoms with van der Waals surface area (Å²) in [4.78, 5) is 15.3. The second kappa shape index (κ2) is 11.1. The molecule has 1 aliphatic rings. The van der Waals surface area contributed by atoms with Gasteiger partial charge in [0.2, 0.25) is 0 Å². The third-order valence-electron chi connectivity index (χ3n) is 4.76. The average Bonchev–Trinajstić information content (AvgIpc) is 2.64. The summed E-state index contributed by atoms with van der Waals surface area (Å²) in [6.45, 7) is 10.1. The molecule has 2 heterocycles. The highest BCUT2D eigenvalue weighted by molar-refractivity contribution is 6.32. The van der Waals surface area contributed by atoms with Gasteiger partial charge in [-0.2, -0.15) is 5.10 Å². The van der Waals surface area contributed by atoms with Crippen LogP contribution in [-0.2, 0) is 6.54 Å². The SMILES string of the molecule is COc1ccc(-c2nn(CC(C)C)c(=O)c(N3CCNCC3)c2C)cc1Cl.Cl.Cl. The number of anilines is 1. The standard InChI is InChI=1S/C20H27ClN4O2.2ClH/c1-13(2)12-25-20(26)19(24-9-7-22-8-10-24)14(3)18(23-25)15-5-6-17(27-4)16(21)11-15;;/h5-6,11,13,22H,7-10,12H2,1-4H3;2*1H. The monoisotopic (exact) mass is 462 g/mol. The van der Waals surface area contributed by atoms with Crippen LogP contribution in [0.5, 0.6) is 5.75 Å². The molecule has 0 radical (unpaired) electrons. The molecule has 0 aliphatic carbocycles. The second-order valence-corrected chi connectivity index (χ2v) is 7.70. The summed E-state index contributed by atoms with van der Waals surface area (Å²) >= 11 is 6.34. The maximum Gasteiger partial charge on any atom is 0.290 e. The summed E-state index contributed by atoms with van der Waals surface area (Å²) in [6, 6.07) is 5.62. The predicted molar refractivity (Wildman–Crippen MR) is 125 cm³/mol. The number of hydrogen-bond donors (Lipinski definition) is 1. The Morgan fingerprint density at radius 2 is 1.90 bits per heavy atom. The fourth-order valence-corrected chi connectivity index (χ4v) is 3.71. The van der Waals surface area contributed by atoms with Gasteiger partial charge in [-0.15, -0.1) is 24.8 Å². The predicted octanol–water partition coefficient (Wildman–Crippen LogP) is 3.79. The van der Waals surface area contributed by atoms with Crippen LogP contribution in [0.2, 0.25) is 5.02 Å². The molecule has 1 saturated heterocycles. The van der Waals surface area contributed by atoms with Gasteiger partial charge in [0.1, 0.15) is 11.4 Å². The van der Waals surface area contributed by atoms with Crippen molar-refractivity contribution in [2.75, 3.05) is 38.2 Å². The number of halogens is 3. The largest absolute Gasteiger partial charge is 0.495 e. The highest BCUT2D eigenvalue weighted by Crippen LogP contribution is 2.32. The fraction of sp³-hybridized carbons (Fsp3) is 0.500. The van der Waals surface area contributed by atoms with Gasteiger partial charge in [-0.1, -0.05) is 25.4 Å². The first-order valence-electron chi connectivity index (χ1n) is 9.33. The molecule has 1 N–H and O–H groups in total. The Balaban J connectivity index is 0.00000210.